The third kappa shape index (κ3) is 2.14. The Morgan fingerprint density at radius 3 is 2.79 bits per heavy atom. The largest absolute Gasteiger partial charge is 0.478 e. The van der Waals surface area contributed by atoms with Crippen molar-refractivity contribution in [3.05, 3.63) is 23.8 Å². The summed E-state index contributed by atoms with van der Waals surface area (Å²) in [5.74, 6) is -0.130. The van der Waals surface area contributed by atoms with E-state index in [0.29, 0.717) is 11.4 Å². The number of rotatable bonds is 3. The number of esters is 1. The van der Waals surface area contributed by atoms with Gasteiger partial charge in [0.05, 0.1) is 7.11 Å². The van der Waals surface area contributed by atoms with Crippen LogP contribution in [0.5, 0.6) is 5.75 Å². The molecule has 0 heterocycles. The highest BCUT2D eigenvalue weighted by Crippen LogP contribution is 2.21. The third-order valence-electron chi connectivity index (χ3n) is 1.65. The van der Waals surface area contributed by atoms with Gasteiger partial charge in [-0.05, 0) is 18.2 Å². The minimum Gasteiger partial charge on any atom is -0.478 e. The summed E-state index contributed by atoms with van der Waals surface area (Å²) in [5, 5.41) is 0. The molecule has 0 bridgehead atoms. The van der Waals surface area contributed by atoms with Gasteiger partial charge >= 0.3 is 5.97 Å². The minimum absolute atomic E-state index is 0.00604. The maximum Gasteiger partial charge on any atom is 0.341 e. The number of nitrogen functional groups attached to an aromatic ring is 1. The van der Waals surface area contributed by atoms with Gasteiger partial charge in [-0.25, -0.2) is 4.79 Å². The summed E-state index contributed by atoms with van der Waals surface area (Å²) in [7, 11) is 1.29. The van der Waals surface area contributed by atoms with Gasteiger partial charge < -0.3 is 15.2 Å². The van der Waals surface area contributed by atoms with Crippen LogP contribution in [0.4, 0.5) is 5.69 Å². The van der Waals surface area contributed by atoms with Crippen molar-refractivity contribution in [2.24, 2.45) is 5.73 Å². The van der Waals surface area contributed by atoms with Gasteiger partial charge in [0.1, 0.15) is 18.0 Å². The summed E-state index contributed by atoms with van der Waals surface area (Å²) in [6.45, 7) is -0.00604. The molecule has 14 heavy (non-hydrogen) atoms. The zero-order valence-corrected chi connectivity index (χ0v) is 7.82. The number of methoxy groups -OCH3 is 1. The lowest BCUT2D eigenvalue weighted by Gasteiger charge is -2.08. The van der Waals surface area contributed by atoms with Crippen LogP contribution in [0.1, 0.15) is 10.4 Å². The highest BCUT2D eigenvalue weighted by Gasteiger charge is 2.12. The van der Waals surface area contributed by atoms with Crippen LogP contribution in [0.3, 0.4) is 0 Å². The summed E-state index contributed by atoms with van der Waals surface area (Å²) in [5.41, 5.74) is 11.5. The van der Waals surface area contributed by atoms with E-state index in [1.54, 1.807) is 12.1 Å². The van der Waals surface area contributed by atoms with E-state index in [9.17, 15) is 4.79 Å². The molecule has 5 nitrogen and oxygen atoms in total. The molecule has 0 saturated carbocycles. The molecule has 5 heteroatoms. The van der Waals surface area contributed by atoms with Crippen LogP contribution >= 0.6 is 0 Å². The summed E-state index contributed by atoms with van der Waals surface area (Å²) < 4.78 is 9.60. The van der Waals surface area contributed by atoms with Gasteiger partial charge in [0.15, 0.2) is 0 Å². The smallest absolute Gasteiger partial charge is 0.341 e. The molecule has 0 aliphatic heterocycles. The van der Waals surface area contributed by atoms with Gasteiger partial charge in [-0.1, -0.05) is 0 Å². The second-order valence-electron chi connectivity index (χ2n) is 2.56. The fourth-order valence-corrected chi connectivity index (χ4v) is 1.03. The molecule has 0 spiro atoms. The average Bonchev–Trinajstić information content (AvgIpc) is 2.20. The summed E-state index contributed by atoms with van der Waals surface area (Å²) in [6, 6.07) is 4.68. The number of hydrogen-bond donors (Lipinski definition) is 2. The highest BCUT2D eigenvalue weighted by molar-refractivity contribution is 5.93. The van der Waals surface area contributed by atoms with Crippen molar-refractivity contribution in [3.8, 4) is 5.75 Å². The zero-order chi connectivity index (χ0) is 10.6. The summed E-state index contributed by atoms with van der Waals surface area (Å²) in [6.07, 6.45) is 0. The summed E-state index contributed by atoms with van der Waals surface area (Å²) in [4.78, 5) is 11.3. The van der Waals surface area contributed by atoms with Crippen LogP contribution in [0.2, 0.25) is 0 Å². The van der Waals surface area contributed by atoms with E-state index in [1.807, 2.05) is 0 Å². The standard InChI is InChI=1S/C9H12N2O3/c1-13-9(12)7-4-6(11)2-3-8(7)14-5-10/h2-4H,5,10-11H2,1H3. The van der Waals surface area contributed by atoms with Gasteiger partial charge in [0.2, 0.25) is 0 Å². The van der Waals surface area contributed by atoms with Crippen molar-refractivity contribution in [1.82, 2.24) is 0 Å². The monoisotopic (exact) mass is 196 g/mol. The fraction of sp³-hybridized carbons (Fsp3) is 0.222. The molecule has 0 amide bonds. The van der Waals surface area contributed by atoms with Crippen molar-refractivity contribution in [2.75, 3.05) is 19.6 Å². The molecule has 0 aliphatic carbocycles. The Morgan fingerprint density at radius 1 is 1.50 bits per heavy atom. The number of anilines is 1. The van der Waals surface area contributed by atoms with Crippen molar-refractivity contribution in [1.29, 1.82) is 0 Å². The van der Waals surface area contributed by atoms with Gasteiger partial charge in [0.25, 0.3) is 0 Å². The molecule has 0 saturated heterocycles. The maximum atomic E-state index is 11.3. The Labute approximate surface area is 81.6 Å². The molecular formula is C9H12N2O3. The lowest BCUT2D eigenvalue weighted by atomic mass is 10.2. The molecule has 1 rings (SSSR count). The molecule has 0 unspecified atom stereocenters. The first-order valence-corrected chi connectivity index (χ1v) is 3.99. The Kier molecular flexibility index (Phi) is 3.30. The van der Waals surface area contributed by atoms with Crippen molar-refractivity contribution in [2.45, 2.75) is 0 Å². The Balaban J connectivity index is 3.08. The lowest BCUT2D eigenvalue weighted by Crippen LogP contribution is -2.11. The van der Waals surface area contributed by atoms with E-state index >= 15 is 0 Å². The van der Waals surface area contributed by atoms with E-state index in [4.69, 9.17) is 16.2 Å². The molecule has 0 atom stereocenters. The molecule has 4 N–H and O–H groups in total. The highest BCUT2D eigenvalue weighted by atomic mass is 16.5. The van der Waals surface area contributed by atoms with Crippen LogP contribution in [0.15, 0.2) is 18.2 Å². The number of hydrogen-bond acceptors (Lipinski definition) is 5. The fourth-order valence-electron chi connectivity index (χ4n) is 1.03. The maximum absolute atomic E-state index is 11.3. The molecule has 0 fully saturated rings. The van der Waals surface area contributed by atoms with E-state index in [1.165, 1.54) is 13.2 Å². The van der Waals surface area contributed by atoms with Crippen LogP contribution in [0, 0.1) is 0 Å². The molecule has 1 aromatic rings. The first-order valence-electron chi connectivity index (χ1n) is 3.99. The van der Waals surface area contributed by atoms with Crippen LogP contribution < -0.4 is 16.2 Å². The van der Waals surface area contributed by atoms with Crippen molar-refractivity contribution >= 4 is 11.7 Å². The molecular weight excluding hydrogens is 184 g/mol. The predicted octanol–water partition coefficient (Wildman–Crippen LogP) is 0.350. The minimum atomic E-state index is -0.499. The SMILES string of the molecule is COC(=O)c1cc(N)ccc1OCN. The number of carbonyl (C=O) groups excluding carboxylic acids is 1. The Morgan fingerprint density at radius 2 is 2.21 bits per heavy atom. The quantitative estimate of drug-likeness (QED) is 0.413. The third-order valence-corrected chi connectivity index (χ3v) is 1.65. The van der Waals surface area contributed by atoms with E-state index in [2.05, 4.69) is 4.74 Å². The average molecular weight is 196 g/mol. The number of nitrogens with two attached hydrogens (primary N) is 2. The van der Waals surface area contributed by atoms with Gasteiger partial charge in [-0.2, -0.15) is 0 Å². The number of carbonyl (C=O) groups is 1. The molecule has 0 aliphatic rings. The van der Waals surface area contributed by atoms with E-state index in [-0.39, 0.29) is 12.3 Å². The Hall–Kier alpha value is -1.75. The molecule has 76 valence electrons. The second-order valence-corrected chi connectivity index (χ2v) is 2.56. The van der Waals surface area contributed by atoms with Gasteiger partial charge in [-0.15, -0.1) is 0 Å². The molecule has 1 aromatic carbocycles. The zero-order valence-electron chi connectivity index (χ0n) is 7.82. The van der Waals surface area contributed by atoms with Crippen molar-refractivity contribution < 1.29 is 14.3 Å². The second kappa shape index (κ2) is 4.48. The van der Waals surface area contributed by atoms with Gasteiger partial charge in [-0.3, -0.25) is 5.73 Å². The number of benzene rings is 1. The van der Waals surface area contributed by atoms with Crippen LogP contribution in [-0.2, 0) is 4.74 Å². The van der Waals surface area contributed by atoms with E-state index < -0.39 is 5.97 Å². The molecule has 0 radical (unpaired) electrons. The van der Waals surface area contributed by atoms with E-state index in [0.717, 1.165) is 0 Å². The predicted molar refractivity (Wildman–Crippen MR) is 51.9 cm³/mol. The summed E-state index contributed by atoms with van der Waals surface area (Å²) >= 11 is 0. The van der Waals surface area contributed by atoms with Crippen LogP contribution in [-0.4, -0.2) is 19.8 Å². The van der Waals surface area contributed by atoms with Crippen LogP contribution in [0.25, 0.3) is 0 Å². The first-order chi connectivity index (χ1) is 6.69. The first kappa shape index (κ1) is 10.3. The topological polar surface area (TPSA) is 87.6 Å². The molecule has 0 aromatic heterocycles. The number of ether oxygens (including phenoxy) is 2. The van der Waals surface area contributed by atoms with Crippen molar-refractivity contribution in [3.63, 3.8) is 0 Å². The lowest BCUT2D eigenvalue weighted by molar-refractivity contribution is 0.0596. The normalized spacial score (nSPS) is 9.57. The van der Waals surface area contributed by atoms with Gasteiger partial charge in [0, 0.05) is 5.69 Å². The Bertz CT molecular complexity index is 339.